The van der Waals surface area contributed by atoms with Gasteiger partial charge in [0, 0.05) is 21.3 Å². The first-order valence-corrected chi connectivity index (χ1v) is 6.83. The Hall–Kier alpha value is -2.72. The molecule has 0 fully saturated rings. The summed E-state index contributed by atoms with van der Waals surface area (Å²) in [5, 5.41) is 4.24. The highest BCUT2D eigenvalue weighted by Crippen LogP contribution is 2.18. The normalized spacial score (nSPS) is 11.5. The van der Waals surface area contributed by atoms with Crippen molar-refractivity contribution in [2.24, 2.45) is 0 Å². The minimum absolute atomic E-state index is 0.175. The van der Waals surface area contributed by atoms with Crippen LogP contribution in [0, 0.1) is 0 Å². The van der Waals surface area contributed by atoms with Crippen LogP contribution in [0.3, 0.4) is 0 Å². The second-order valence-corrected chi connectivity index (χ2v) is 4.79. The molecule has 122 valence electrons. The molecule has 3 heterocycles. The Morgan fingerprint density at radius 2 is 2.09 bits per heavy atom. The van der Waals surface area contributed by atoms with Crippen molar-refractivity contribution >= 4 is 17.7 Å². The van der Waals surface area contributed by atoms with Crippen molar-refractivity contribution in [1.82, 2.24) is 24.6 Å². The molecule has 0 unspecified atom stereocenters. The Morgan fingerprint density at radius 1 is 1.30 bits per heavy atom. The summed E-state index contributed by atoms with van der Waals surface area (Å²) in [7, 11) is 4.93. The fourth-order valence-electron chi connectivity index (χ4n) is 2.03. The molecule has 0 aliphatic carbocycles. The SMILES string of the molecule is COC(CN(C)c1nc(N)n2nc(-c3ccco3)nc2n1)OC. The van der Waals surface area contributed by atoms with E-state index in [2.05, 4.69) is 20.1 Å². The summed E-state index contributed by atoms with van der Waals surface area (Å²) in [5.74, 6) is 1.82. The number of hydrogen-bond donors (Lipinski definition) is 1. The van der Waals surface area contributed by atoms with Crippen molar-refractivity contribution in [3.05, 3.63) is 18.4 Å². The molecule has 0 amide bonds. The summed E-state index contributed by atoms with van der Waals surface area (Å²) in [6.07, 6.45) is 1.14. The average molecular weight is 319 g/mol. The molecule has 10 heteroatoms. The highest BCUT2D eigenvalue weighted by Gasteiger charge is 2.17. The van der Waals surface area contributed by atoms with Gasteiger partial charge in [0.25, 0.3) is 5.78 Å². The third-order valence-electron chi connectivity index (χ3n) is 3.25. The molecule has 23 heavy (non-hydrogen) atoms. The molecule has 0 saturated heterocycles. The number of ether oxygens (including phenoxy) is 2. The molecule has 0 aromatic carbocycles. The van der Waals surface area contributed by atoms with Gasteiger partial charge < -0.3 is 24.5 Å². The van der Waals surface area contributed by atoms with Crippen LogP contribution in [-0.2, 0) is 9.47 Å². The summed E-state index contributed by atoms with van der Waals surface area (Å²) < 4.78 is 17.0. The van der Waals surface area contributed by atoms with Gasteiger partial charge in [-0.25, -0.2) is 0 Å². The number of fused-ring (bicyclic) bond motifs is 1. The number of methoxy groups -OCH3 is 2. The minimum atomic E-state index is -0.405. The van der Waals surface area contributed by atoms with E-state index >= 15 is 0 Å². The van der Waals surface area contributed by atoms with Gasteiger partial charge in [0.05, 0.1) is 12.8 Å². The summed E-state index contributed by atoms with van der Waals surface area (Å²) in [5.41, 5.74) is 5.95. The smallest absolute Gasteiger partial charge is 0.259 e. The van der Waals surface area contributed by atoms with Crippen LogP contribution in [0.1, 0.15) is 0 Å². The van der Waals surface area contributed by atoms with Crippen LogP contribution in [0.2, 0.25) is 0 Å². The van der Waals surface area contributed by atoms with E-state index in [9.17, 15) is 0 Å². The Balaban J connectivity index is 1.94. The lowest BCUT2D eigenvalue weighted by Crippen LogP contribution is -2.33. The molecule has 2 N–H and O–H groups in total. The zero-order valence-corrected chi connectivity index (χ0v) is 13.0. The number of nitrogen functional groups attached to an aromatic ring is 1. The van der Waals surface area contributed by atoms with Crippen LogP contribution >= 0.6 is 0 Å². The monoisotopic (exact) mass is 319 g/mol. The fraction of sp³-hybridized carbons (Fsp3) is 0.385. The van der Waals surface area contributed by atoms with Crippen LogP contribution in [-0.4, -0.2) is 58.7 Å². The lowest BCUT2D eigenvalue weighted by atomic mass is 10.4. The maximum atomic E-state index is 5.95. The van der Waals surface area contributed by atoms with Crippen molar-refractivity contribution < 1.29 is 13.9 Å². The molecule has 0 bridgehead atoms. The fourth-order valence-corrected chi connectivity index (χ4v) is 2.03. The molecule has 0 atom stereocenters. The first-order valence-electron chi connectivity index (χ1n) is 6.83. The van der Waals surface area contributed by atoms with E-state index in [4.69, 9.17) is 19.6 Å². The third-order valence-corrected chi connectivity index (χ3v) is 3.25. The Kier molecular flexibility index (Phi) is 4.08. The van der Waals surface area contributed by atoms with E-state index in [-0.39, 0.29) is 5.95 Å². The molecule has 0 aliphatic rings. The second-order valence-electron chi connectivity index (χ2n) is 4.79. The van der Waals surface area contributed by atoms with Gasteiger partial charge in [-0.1, -0.05) is 0 Å². The van der Waals surface area contributed by atoms with Crippen molar-refractivity contribution in [2.45, 2.75) is 6.29 Å². The van der Waals surface area contributed by atoms with E-state index in [0.717, 1.165) is 0 Å². The van der Waals surface area contributed by atoms with Gasteiger partial charge in [0.15, 0.2) is 12.1 Å². The van der Waals surface area contributed by atoms with E-state index < -0.39 is 6.29 Å². The lowest BCUT2D eigenvalue weighted by Gasteiger charge is -2.22. The van der Waals surface area contributed by atoms with Gasteiger partial charge in [-0.3, -0.25) is 0 Å². The van der Waals surface area contributed by atoms with Gasteiger partial charge in [-0.2, -0.15) is 19.5 Å². The molecule has 0 spiro atoms. The molecular weight excluding hydrogens is 302 g/mol. The number of hydrogen-bond acceptors (Lipinski definition) is 9. The van der Waals surface area contributed by atoms with E-state index in [1.807, 2.05) is 0 Å². The Labute approximate surface area is 131 Å². The van der Waals surface area contributed by atoms with Crippen molar-refractivity contribution in [1.29, 1.82) is 0 Å². The maximum absolute atomic E-state index is 5.95. The van der Waals surface area contributed by atoms with Gasteiger partial charge in [-0.15, -0.1) is 5.10 Å². The minimum Gasteiger partial charge on any atom is -0.461 e. The first kappa shape index (κ1) is 15.2. The lowest BCUT2D eigenvalue weighted by molar-refractivity contribution is -0.0945. The summed E-state index contributed by atoms with van der Waals surface area (Å²) in [4.78, 5) is 14.7. The van der Waals surface area contributed by atoms with Crippen molar-refractivity contribution in [2.75, 3.05) is 38.4 Å². The molecule has 3 rings (SSSR count). The summed E-state index contributed by atoms with van der Waals surface area (Å²) in [6.45, 7) is 0.432. The van der Waals surface area contributed by atoms with Crippen LogP contribution in [0.5, 0.6) is 0 Å². The number of furan rings is 1. The predicted octanol–water partition coefficient (Wildman–Crippen LogP) is 0.417. The van der Waals surface area contributed by atoms with Crippen LogP contribution < -0.4 is 10.6 Å². The van der Waals surface area contributed by atoms with E-state index in [0.29, 0.717) is 29.9 Å². The van der Waals surface area contributed by atoms with Crippen molar-refractivity contribution in [3.63, 3.8) is 0 Å². The molecule has 0 saturated carbocycles. The largest absolute Gasteiger partial charge is 0.461 e. The Morgan fingerprint density at radius 3 is 2.74 bits per heavy atom. The van der Waals surface area contributed by atoms with E-state index in [1.54, 1.807) is 44.6 Å². The predicted molar refractivity (Wildman–Crippen MR) is 81.8 cm³/mol. The van der Waals surface area contributed by atoms with Gasteiger partial charge in [-0.05, 0) is 12.1 Å². The summed E-state index contributed by atoms with van der Waals surface area (Å²) in [6, 6.07) is 3.51. The Bertz CT molecular complexity index is 782. The first-order chi connectivity index (χ1) is 11.1. The van der Waals surface area contributed by atoms with Crippen LogP contribution in [0.15, 0.2) is 22.8 Å². The number of aromatic nitrogens is 5. The second kappa shape index (κ2) is 6.18. The number of nitrogens with two attached hydrogens (primary N) is 1. The highest BCUT2D eigenvalue weighted by atomic mass is 16.7. The van der Waals surface area contributed by atoms with E-state index in [1.165, 1.54) is 4.52 Å². The number of anilines is 2. The van der Waals surface area contributed by atoms with Crippen LogP contribution in [0.25, 0.3) is 17.4 Å². The number of rotatable bonds is 6. The van der Waals surface area contributed by atoms with Crippen LogP contribution in [0.4, 0.5) is 11.9 Å². The van der Waals surface area contributed by atoms with Gasteiger partial charge in [0.1, 0.15) is 0 Å². The molecule has 0 aliphatic heterocycles. The van der Waals surface area contributed by atoms with Crippen molar-refractivity contribution in [3.8, 4) is 11.6 Å². The molecule has 10 nitrogen and oxygen atoms in total. The quantitative estimate of drug-likeness (QED) is 0.645. The molecule has 3 aromatic heterocycles. The maximum Gasteiger partial charge on any atom is 0.259 e. The zero-order chi connectivity index (χ0) is 16.4. The topological polar surface area (TPSA) is 117 Å². The highest BCUT2D eigenvalue weighted by molar-refractivity contribution is 5.52. The average Bonchev–Trinajstić information content (AvgIpc) is 3.20. The zero-order valence-electron chi connectivity index (χ0n) is 13.0. The van der Waals surface area contributed by atoms with Gasteiger partial charge >= 0.3 is 0 Å². The molecule has 0 radical (unpaired) electrons. The molecular formula is C13H17N7O3. The van der Waals surface area contributed by atoms with Gasteiger partial charge in [0.2, 0.25) is 17.7 Å². The number of nitrogens with zero attached hydrogens (tertiary/aromatic N) is 6. The number of likely N-dealkylation sites (N-methyl/N-ethyl adjacent to an activating group) is 1. The standard InChI is InChI=1S/C13H17N7O3/c1-19(7-9(21-2)22-3)12-16-11(14)20-13(17-12)15-10(18-20)8-5-4-6-23-8/h4-6,9H,7H2,1-3H3,(H2,14,15,16,17,18). The summed E-state index contributed by atoms with van der Waals surface area (Å²) >= 11 is 0. The molecule has 3 aromatic rings. The third kappa shape index (κ3) is 2.94.